The molecular formula is C11H15N3O. The van der Waals surface area contributed by atoms with Crippen LogP contribution >= 0.6 is 0 Å². The molecule has 4 nitrogen and oxygen atoms in total. The minimum atomic E-state index is 0.134. The molecule has 1 amide bonds. The smallest absolute Gasteiger partial charge is 0.221 e. The van der Waals surface area contributed by atoms with Crippen molar-refractivity contribution in [2.24, 2.45) is 0 Å². The summed E-state index contributed by atoms with van der Waals surface area (Å²) in [4.78, 5) is 15.2. The molecule has 1 atom stereocenters. The zero-order valence-corrected chi connectivity index (χ0v) is 8.79. The number of aromatic nitrogens is 1. The topological polar surface area (TPSA) is 54.0 Å². The van der Waals surface area contributed by atoms with Gasteiger partial charge in [-0.2, -0.15) is 0 Å². The number of rotatable bonds is 3. The van der Waals surface area contributed by atoms with Crippen LogP contribution in [0.5, 0.6) is 0 Å². The van der Waals surface area contributed by atoms with E-state index in [9.17, 15) is 4.79 Å². The number of nitrogens with one attached hydrogen (secondary N) is 2. The molecule has 0 aromatic carbocycles. The lowest BCUT2D eigenvalue weighted by molar-refractivity contribution is -0.119. The van der Waals surface area contributed by atoms with Crippen molar-refractivity contribution in [1.82, 2.24) is 15.6 Å². The Morgan fingerprint density at radius 2 is 2.47 bits per heavy atom. The number of nitrogens with zero attached hydrogens (tertiary/aromatic N) is 1. The molecule has 1 unspecified atom stereocenters. The highest BCUT2D eigenvalue weighted by Gasteiger charge is 2.20. The van der Waals surface area contributed by atoms with Crippen molar-refractivity contribution in [3.63, 3.8) is 0 Å². The largest absolute Gasteiger partial charge is 0.354 e. The van der Waals surface area contributed by atoms with Crippen LogP contribution in [0, 0.1) is 6.92 Å². The van der Waals surface area contributed by atoms with E-state index in [-0.39, 0.29) is 11.9 Å². The third-order valence-electron chi connectivity index (χ3n) is 2.54. The number of carbonyl (C=O) groups excluding carboxylic acids is 1. The Bertz CT molecular complexity index is 347. The fourth-order valence-corrected chi connectivity index (χ4v) is 1.61. The van der Waals surface area contributed by atoms with Gasteiger partial charge in [-0.1, -0.05) is 6.07 Å². The Balaban J connectivity index is 1.83. The summed E-state index contributed by atoms with van der Waals surface area (Å²) in [6.07, 6.45) is 2.45. The van der Waals surface area contributed by atoms with E-state index in [2.05, 4.69) is 21.7 Å². The van der Waals surface area contributed by atoms with E-state index in [0.29, 0.717) is 6.42 Å². The van der Waals surface area contributed by atoms with E-state index in [1.807, 2.05) is 19.2 Å². The van der Waals surface area contributed by atoms with Gasteiger partial charge in [-0.3, -0.25) is 9.78 Å². The fourth-order valence-electron chi connectivity index (χ4n) is 1.61. The summed E-state index contributed by atoms with van der Waals surface area (Å²) in [5.41, 5.74) is 2.18. The molecule has 1 fully saturated rings. The van der Waals surface area contributed by atoms with Gasteiger partial charge in [0.2, 0.25) is 5.91 Å². The molecule has 15 heavy (non-hydrogen) atoms. The Labute approximate surface area is 89.1 Å². The summed E-state index contributed by atoms with van der Waals surface area (Å²) >= 11 is 0. The second kappa shape index (κ2) is 4.40. The van der Waals surface area contributed by atoms with Crippen LogP contribution in [0.25, 0.3) is 0 Å². The van der Waals surface area contributed by atoms with Crippen LogP contribution in [-0.4, -0.2) is 23.5 Å². The number of hydrogen-bond donors (Lipinski definition) is 2. The van der Waals surface area contributed by atoms with Crippen molar-refractivity contribution in [2.45, 2.75) is 25.9 Å². The quantitative estimate of drug-likeness (QED) is 0.749. The van der Waals surface area contributed by atoms with E-state index in [4.69, 9.17) is 0 Å². The van der Waals surface area contributed by atoms with Crippen molar-refractivity contribution < 1.29 is 4.79 Å². The molecule has 80 valence electrons. The summed E-state index contributed by atoms with van der Waals surface area (Å²) in [5.74, 6) is 0.134. The lowest BCUT2D eigenvalue weighted by atomic mass is 10.2. The maximum Gasteiger partial charge on any atom is 0.221 e. The highest BCUT2D eigenvalue weighted by atomic mass is 16.1. The molecule has 2 heterocycles. The molecular weight excluding hydrogens is 190 g/mol. The van der Waals surface area contributed by atoms with Gasteiger partial charge in [0.15, 0.2) is 0 Å². The standard InChI is InChI=1S/C11H15N3O/c1-8-2-3-9(5-12-8)6-13-10-4-11(15)14-7-10/h2-3,5,10,13H,4,6-7H2,1H3,(H,14,15). The maximum absolute atomic E-state index is 10.9. The van der Waals surface area contributed by atoms with Crippen LogP contribution < -0.4 is 10.6 Å². The van der Waals surface area contributed by atoms with E-state index in [0.717, 1.165) is 24.3 Å². The van der Waals surface area contributed by atoms with E-state index >= 15 is 0 Å². The third kappa shape index (κ3) is 2.76. The lowest BCUT2D eigenvalue weighted by Gasteiger charge is -2.09. The first-order valence-corrected chi connectivity index (χ1v) is 5.15. The maximum atomic E-state index is 10.9. The van der Waals surface area contributed by atoms with Gasteiger partial charge in [-0.05, 0) is 18.6 Å². The molecule has 0 radical (unpaired) electrons. The van der Waals surface area contributed by atoms with Gasteiger partial charge < -0.3 is 10.6 Å². The predicted octanol–water partition coefficient (Wildman–Crippen LogP) is 0.368. The minimum Gasteiger partial charge on any atom is -0.354 e. The Morgan fingerprint density at radius 1 is 1.60 bits per heavy atom. The van der Waals surface area contributed by atoms with Gasteiger partial charge in [0.25, 0.3) is 0 Å². The van der Waals surface area contributed by atoms with Crippen LogP contribution in [0.15, 0.2) is 18.3 Å². The highest BCUT2D eigenvalue weighted by molar-refractivity contribution is 5.78. The molecule has 1 aromatic heterocycles. The van der Waals surface area contributed by atoms with Crippen LogP contribution in [-0.2, 0) is 11.3 Å². The van der Waals surface area contributed by atoms with Gasteiger partial charge in [-0.25, -0.2) is 0 Å². The average molecular weight is 205 g/mol. The number of aryl methyl sites for hydroxylation is 1. The van der Waals surface area contributed by atoms with E-state index < -0.39 is 0 Å². The number of carbonyl (C=O) groups is 1. The van der Waals surface area contributed by atoms with Gasteiger partial charge in [0.05, 0.1) is 0 Å². The molecule has 4 heteroatoms. The first-order valence-electron chi connectivity index (χ1n) is 5.15. The van der Waals surface area contributed by atoms with Gasteiger partial charge in [0.1, 0.15) is 0 Å². The van der Waals surface area contributed by atoms with Crippen molar-refractivity contribution in [3.8, 4) is 0 Å². The van der Waals surface area contributed by atoms with Crippen LogP contribution in [0.1, 0.15) is 17.7 Å². The molecule has 1 saturated heterocycles. The van der Waals surface area contributed by atoms with Crippen molar-refractivity contribution in [1.29, 1.82) is 0 Å². The second-order valence-corrected chi connectivity index (χ2v) is 3.89. The van der Waals surface area contributed by atoms with Gasteiger partial charge in [-0.15, -0.1) is 0 Å². The minimum absolute atomic E-state index is 0.134. The molecule has 1 aliphatic rings. The van der Waals surface area contributed by atoms with Crippen LogP contribution in [0.3, 0.4) is 0 Å². The van der Waals surface area contributed by atoms with Crippen molar-refractivity contribution >= 4 is 5.91 Å². The van der Waals surface area contributed by atoms with Gasteiger partial charge in [0, 0.05) is 37.4 Å². The summed E-state index contributed by atoms with van der Waals surface area (Å²) in [5, 5.41) is 6.12. The summed E-state index contributed by atoms with van der Waals surface area (Å²) in [6.45, 7) is 3.47. The summed E-state index contributed by atoms with van der Waals surface area (Å²) in [6, 6.07) is 4.31. The molecule has 0 aliphatic carbocycles. The van der Waals surface area contributed by atoms with Crippen molar-refractivity contribution in [2.75, 3.05) is 6.54 Å². The lowest BCUT2D eigenvalue weighted by Crippen LogP contribution is -2.30. The second-order valence-electron chi connectivity index (χ2n) is 3.89. The normalized spacial score (nSPS) is 20.3. The predicted molar refractivity (Wildman–Crippen MR) is 57.2 cm³/mol. The number of pyridine rings is 1. The van der Waals surface area contributed by atoms with Gasteiger partial charge >= 0.3 is 0 Å². The molecule has 0 bridgehead atoms. The van der Waals surface area contributed by atoms with Crippen molar-refractivity contribution in [3.05, 3.63) is 29.6 Å². The SMILES string of the molecule is Cc1ccc(CNC2CNC(=O)C2)cn1. The number of amides is 1. The van der Waals surface area contributed by atoms with Crippen LogP contribution in [0.2, 0.25) is 0 Å². The molecule has 0 spiro atoms. The first kappa shape index (κ1) is 10.1. The average Bonchev–Trinajstić information content (AvgIpc) is 2.64. The summed E-state index contributed by atoms with van der Waals surface area (Å²) in [7, 11) is 0. The molecule has 1 aliphatic heterocycles. The zero-order valence-electron chi connectivity index (χ0n) is 8.79. The molecule has 2 rings (SSSR count). The molecule has 2 N–H and O–H groups in total. The highest BCUT2D eigenvalue weighted by Crippen LogP contribution is 2.03. The number of hydrogen-bond acceptors (Lipinski definition) is 3. The zero-order chi connectivity index (χ0) is 10.7. The van der Waals surface area contributed by atoms with E-state index in [1.165, 1.54) is 0 Å². The van der Waals surface area contributed by atoms with Crippen LogP contribution in [0.4, 0.5) is 0 Å². The fraction of sp³-hybridized carbons (Fsp3) is 0.455. The Morgan fingerprint density at radius 3 is 3.07 bits per heavy atom. The Hall–Kier alpha value is -1.42. The molecule has 0 saturated carbocycles. The monoisotopic (exact) mass is 205 g/mol. The summed E-state index contributed by atoms with van der Waals surface area (Å²) < 4.78 is 0. The third-order valence-corrected chi connectivity index (χ3v) is 2.54. The molecule has 1 aromatic rings. The first-order chi connectivity index (χ1) is 7.24. The van der Waals surface area contributed by atoms with E-state index in [1.54, 1.807) is 0 Å². The Kier molecular flexibility index (Phi) is 2.97.